The fourth-order valence-electron chi connectivity index (χ4n) is 5.43. The van der Waals surface area contributed by atoms with Crippen molar-refractivity contribution >= 4 is 66.1 Å². The Hall–Kier alpha value is -2.54. The Morgan fingerprint density at radius 2 is 1.97 bits per heavy atom. The van der Waals surface area contributed by atoms with Gasteiger partial charge in [-0.1, -0.05) is 15.9 Å². The van der Waals surface area contributed by atoms with Crippen LogP contribution in [0.2, 0.25) is 0 Å². The second kappa shape index (κ2) is 11.1. The predicted molar refractivity (Wildman–Crippen MR) is 153 cm³/mol. The number of carbonyl (C=O) groups excluding carboxylic acids is 2. The van der Waals surface area contributed by atoms with E-state index in [1.54, 1.807) is 30.3 Å². The number of hydrogen-bond donors (Lipinski definition) is 2. The molecule has 3 aromatic rings. The summed E-state index contributed by atoms with van der Waals surface area (Å²) in [7, 11) is 0. The molecule has 4 atom stereocenters. The summed E-state index contributed by atoms with van der Waals surface area (Å²) in [5, 5.41) is 14.4. The summed E-state index contributed by atoms with van der Waals surface area (Å²) < 4.78 is 21.5. The smallest absolute Gasteiger partial charge is 0.248 e. The molecule has 204 valence electrons. The molecule has 1 unspecified atom stereocenters. The molecule has 3 aliphatic rings. The lowest BCUT2D eigenvalue weighted by Gasteiger charge is -2.47. The van der Waals surface area contributed by atoms with Crippen molar-refractivity contribution < 1.29 is 23.8 Å². The minimum atomic E-state index is -0.474. The Morgan fingerprint density at radius 1 is 1.18 bits per heavy atom. The minimum absolute atomic E-state index is 0.0111. The molecular formula is C27H26BrFN4O4S2. The van der Waals surface area contributed by atoms with Crippen LogP contribution in [0.25, 0.3) is 10.2 Å². The predicted octanol–water partition coefficient (Wildman–Crippen LogP) is 3.99. The number of amides is 2. The molecule has 2 bridgehead atoms. The molecular weight excluding hydrogens is 607 g/mol. The van der Waals surface area contributed by atoms with E-state index in [9.17, 15) is 19.1 Å². The second-order valence-corrected chi connectivity index (χ2v) is 13.0. The number of fused-ring (bicyclic) bond motifs is 3. The number of thioether (sulfide) groups is 1. The lowest BCUT2D eigenvalue weighted by molar-refractivity contribution is -0.142. The third-order valence-electron chi connectivity index (χ3n) is 7.35. The van der Waals surface area contributed by atoms with Gasteiger partial charge in [-0.05, 0) is 48.4 Å². The zero-order valence-electron chi connectivity index (χ0n) is 20.8. The zero-order valence-corrected chi connectivity index (χ0v) is 24.0. The van der Waals surface area contributed by atoms with Crippen molar-refractivity contribution in [2.45, 2.75) is 24.9 Å². The Kier molecular flexibility index (Phi) is 7.62. The first-order valence-corrected chi connectivity index (χ1v) is 15.3. The number of benzene rings is 2. The standard InChI is InChI=1S/C27H26BrFN4O4S2/c28-17-2-4-19(29)14(7-17)1-6-23(35)32-24-15-9-33(10-16(24)12-37-11-15)27(36)21-13-38-25(31-21)26-30-20-5-3-18(34)8-22(20)39-26/h2-5,7-8,15-16,21,24,34H,1,6,9-13H2,(H,32,35)/t15-,16+,21-,24?/m1/s1. The molecule has 4 heterocycles. The van der Waals surface area contributed by atoms with Crippen molar-refractivity contribution in [2.24, 2.45) is 16.8 Å². The quantitative estimate of drug-likeness (QED) is 0.426. The van der Waals surface area contributed by atoms with E-state index in [0.717, 1.165) is 24.7 Å². The number of nitrogens with one attached hydrogen (secondary N) is 1. The van der Waals surface area contributed by atoms with Crippen molar-refractivity contribution in [2.75, 3.05) is 32.1 Å². The Labute approximate surface area is 241 Å². The van der Waals surface area contributed by atoms with Crippen molar-refractivity contribution in [1.29, 1.82) is 0 Å². The first-order chi connectivity index (χ1) is 18.8. The molecule has 0 radical (unpaired) electrons. The SMILES string of the molecule is O=C(CCc1cc(Br)ccc1F)NC1[C@@H]2COC[C@H]1CN(C(=O)[C@H]1CSC(c3nc4ccc(O)cc4s3)=N1)C2. The maximum Gasteiger partial charge on any atom is 0.248 e. The summed E-state index contributed by atoms with van der Waals surface area (Å²) in [5.74, 6) is 0.277. The molecule has 2 aromatic carbocycles. The average Bonchev–Trinajstić information content (AvgIpc) is 3.56. The van der Waals surface area contributed by atoms with Gasteiger partial charge >= 0.3 is 0 Å². The lowest BCUT2D eigenvalue weighted by atomic mass is 9.82. The maximum atomic E-state index is 14.1. The number of thiazole rings is 1. The van der Waals surface area contributed by atoms with Gasteiger partial charge in [0.25, 0.3) is 0 Å². The number of phenolic OH excluding ortho intramolecular Hbond substituents is 1. The van der Waals surface area contributed by atoms with Gasteiger partial charge in [0.1, 0.15) is 27.7 Å². The first-order valence-electron chi connectivity index (χ1n) is 12.7. The number of aromatic nitrogens is 1. The van der Waals surface area contributed by atoms with Crippen LogP contribution in [0.4, 0.5) is 4.39 Å². The summed E-state index contributed by atoms with van der Waals surface area (Å²) in [6.07, 6.45) is 0.505. The number of piperidine rings is 1. The van der Waals surface area contributed by atoms with Crippen LogP contribution in [-0.2, 0) is 20.7 Å². The van der Waals surface area contributed by atoms with Crippen molar-refractivity contribution in [3.63, 3.8) is 0 Å². The molecule has 2 saturated heterocycles. The molecule has 12 heteroatoms. The summed E-state index contributed by atoms with van der Waals surface area (Å²) in [6, 6.07) is 9.24. The number of aromatic hydroxyl groups is 1. The van der Waals surface area contributed by atoms with Gasteiger partial charge in [0.2, 0.25) is 11.8 Å². The Morgan fingerprint density at radius 3 is 2.77 bits per heavy atom. The normalized spacial score (nSPS) is 24.6. The van der Waals surface area contributed by atoms with E-state index in [1.807, 2.05) is 4.90 Å². The van der Waals surface area contributed by atoms with Crippen LogP contribution < -0.4 is 5.32 Å². The molecule has 8 nitrogen and oxygen atoms in total. The molecule has 3 aliphatic heterocycles. The van der Waals surface area contributed by atoms with E-state index >= 15 is 0 Å². The summed E-state index contributed by atoms with van der Waals surface area (Å²) in [4.78, 5) is 37.5. The van der Waals surface area contributed by atoms with Gasteiger partial charge in [0.05, 0.1) is 23.4 Å². The number of phenols is 1. The molecule has 2 N–H and O–H groups in total. The highest BCUT2D eigenvalue weighted by atomic mass is 79.9. The van der Waals surface area contributed by atoms with Gasteiger partial charge in [-0.15, -0.1) is 23.1 Å². The van der Waals surface area contributed by atoms with E-state index < -0.39 is 6.04 Å². The van der Waals surface area contributed by atoms with Gasteiger partial charge in [0, 0.05) is 47.6 Å². The van der Waals surface area contributed by atoms with Crippen LogP contribution in [0.1, 0.15) is 17.0 Å². The zero-order chi connectivity index (χ0) is 27.1. The van der Waals surface area contributed by atoms with Crippen LogP contribution in [-0.4, -0.2) is 76.0 Å². The highest BCUT2D eigenvalue weighted by Crippen LogP contribution is 2.33. The van der Waals surface area contributed by atoms with E-state index in [2.05, 4.69) is 26.2 Å². The van der Waals surface area contributed by atoms with Crippen LogP contribution >= 0.6 is 39.0 Å². The molecule has 2 fully saturated rings. The van der Waals surface area contributed by atoms with Crippen LogP contribution in [0, 0.1) is 17.7 Å². The van der Waals surface area contributed by atoms with Crippen molar-refractivity contribution in [3.05, 3.63) is 57.3 Å². The van der Waals surface area contributed by atoms with Crippen LogP contribution in [0.3, 0.4) is 0 Å². The van der Waals surface area contributed by atoms with Gasteiger partial charge in [-0.2, -0.15) is 0 Å². The largest absolute Gasteiger partial charge is 0.508 e. The molecule has 1 aromatic heterocycles. The molecule has 2 amide bonds. The maximum absolute atomic E-state index is 14.1. The fourth-order valence-corrected chi connectivity index (χ4v) is 7.93. The molecule has 0 spiro atoms. The van der Waals surface area contributed by atoms with E-state index in [0.29, 0.717) is 44.0 Å². The third-order valence-corrected chi connectivity index (χ3v) is 10.1. The Bertz CT molecular complexity index is 1450. The molecule has 0 aliphatic carbocycles. The Balaban J connectivity index is 1.08. The molecule has 6 rings (SSSR count). The minimum Gasteiger partial charge on any atom is -0.508 e. The van der Waals surface area contributed by atoms with Crippen molar-refractivity contribution in [1.82, 2.24) is 15.2 Å². The van der Waals surface area contributed by atoms with Gasteiger partial charge < -0.3 is 20.1 Å². The summed E-state index contributed by atoms with van der Waals surface area (Å²) in [5.41, 5.74) is 1.30. The number of aryl methyl sites for hydroxylation is 1. The average molecular weight is 634 g/mol. The van der Waals surface area contributed by atoms with E-state index in [-0.39, 0.29) is 47.7 Å². The number of nitrogens with zero attached hydrogens (tertiary/aromatic N) is 3. The van der Waals surface area contributed by atoms with Crippen LogP contribution in [0.15, 0.2) is 45.9 Å². The van der Waals surface area contributed by atoms with Gasteiger partial charge in [-0.25, -0.2) is 9.37 Å². The molecule has 0 saturated carbocycles. The monoisotopic (exact) mass is 632 g/mol. The number of halogens is 2. The van der Waals surface area contributed by atoms with Crippen LogP contribution in [0.5, 0.6) is 5.75 Å². The van der Waals surface area contributed by atoms with Gasteiger partial charge in [-0.3, -0.25) is 14.6 Å². The van der Waals surface area contributed by atoms with E-state index in [1.165, 1.54) is 29.2 Å². The number of carbonyl (C=O) groups is 2. The van der Waals surface area contributed by atoms with Crippen molar-refractivity contribution in [3.8, 4) is 5.75 Å². The fraction of sp³-hybridized carbons (Fsp3) is 0.407. The summed E-state index contributed by atoms with van der Waals surface area (Å²) >= 11 is 6.33. The third kappa shape index (κ3) is 5.70. The number of hydrogen-bond acceptors (Lipinski definition) is 8. The molecule has 39 heavy (non-hydrogen) atoms. The first kappa shape index (κ1) is 26.7. The highest BCUT2D eigenvalue weighted by molar-refractivity contribution is 9.10. The second-order valence-electron chi connectivity index (χ2n) is 10.1. The van der Waals surface area contributed by atoms with E-state index in [4.69, 9.17) is 9.73 Å². The number of ether oxygens (including phenoxy) is 1. The topological polar surface area (TPSA) is 104 Å². The summed E-state index contributed by atoms with van der Waals surface area (Å²) in [6.45, 7) is 1.93. The number of likely N-dealkylation sites (tertiary alicyclic amines) is 1. The number of aliphatic imine (C=N–C) groups is 1. The van der Waals surface area contributed by atoms with Gasteiger partial charge in [0.15, 0.2) is 0 Å². The lowest BCUT2D eigenvalue weighted by Crippen LogP contribution is -2.63. The highest BCUT2D eigenvalue weighted by Gasteiger charge is 2.44. The number of rotatable bonds is 6.